The lowest BCUT2D eigenvalue weighted by Crippen LogP contribution is -2.50. The highest BCUT2D eigenvalue weighted by molar-refractivity contribution is 7.92. The molecule has 0 unspecified atom stereocenters. The van der Waals surface area contributed by atoms with E-state index in [9.17, 15) is 26.8 Å². The summed E-state index contributed by atoms with van der Waals surface area (Å²) in [5.74, 6) is -3.02. The third-order valence-electron chi connectivity index (χ3n) is 6.12. The molecule has 0 spiro atoms. The quantitative estimate of drug-likeness (QED) is 0.331. The minimum absolute atomic E-state index is 0.0251. The van der Waals surface area contributed by atoms with E-state index in [1.165, 1.54) is 4.90 Å². The number of anilines is 1. The number of hydrogen-bond donors (Lipinski definition) is 1. The molecule has 0 radical (unpaired) electrons. The van der Waals surface area contributed by atoms with Crippen LogP contribution in [0.3, 0.4) is 0 Å². The zero-order valence-electron chi connectivity index (χ0n) is 21.8. The standard InChI is InChI=1S/C26H33Cl2F2N3O4S/c1-5-17(3)31-26(35)24(6-2)32(16-19-20(27)9-7-10-21(19)28)25(34)11-8-14-33(38(4,36)37)18-12-13-22(29)23(30)15-18/h7,9-10,12-13,15,17,24H,5-6,8,11,14,16H2,1-4H3,(H,31,35)/t17-,24-/m0/s1. The molecule has 12 heteroatoms. The number of nitrogens with one attached hydrogen (secondary N) is 1. The number of halogens is 4. The molecule has 0 saturated heterocycles. The molecule has 38 heavy (non-hydrogen) atoms. The van der Waals surface area contributed by atoms with E-state index in [-0.39, 0.29) is 43.6 Å². The van der Waals surface area contributed by atoms with Crippen LogP contribution in [0.25, 0.3) is 0 Å². The zero-order valence-corrected chi connectivity index (χ0v) is 24.1. The third kappa shape index (κ3) is 8.54. The van der Waals surface area contributed by atoms with Gasteiger partial charge >= 0.3 is 0 Å². The fraction of sp³-hybridized carbons (Fsp3) is 0.462. The van der Waals surface area contributed by atoms with Crippen molar-refractivity contribution in [2.75, 3.05) is 17.1 Å². The molecule has 2 aromatic carbocycles. The predicted octanol–water partition coefficient (Wildman–Crippen LogP) is 5.54. The summed E-state index contributed by atoms with van der Waals surface area (Å²) in [6.45, 7) is 5.39. The first-order chi connectivity index (χ1) is 17.8. The van der Waals surface area contributed by atoms with Gasteiger partial charge in [-0.25, -0.2) is 17.2 Å². The van der Waals surface area contributed by atoms with Crippen molar-refractivity contribution in [2.24, 2.45) is 0 Å². The van der Waals surface area contributed by atoms with Gasteiger partial charge in [-0.05, 0) is 50.5 Å². The maximum atomic E-state index is 13.8. The van der Waals surface area contributed by atoms with Crippen molar-refractivity contribution in [3.05, 3.63) is 63.6 Å². The van der Waals surface area contributed by atoms with Gasteiger partial charge < -0.3 is 10.2 Å². The van der Waals surface area contributed by atoms with Crippen LogP contribution in [0.2, 0.25) is 10.0 Å². The largest absolute Gasteiger partial charge is 0.352 e. The monoisotopic (exact) mass is 591 g/mol. The molecule has 2 amide bonds. The minimum Gasteiger partial charge on any atom is -0.352 e. The van der Waals surface area contributed by atoms with Crippen LogP contribution in [0.15, 0.2) is 36.4 Å². The molecule has 210 valence electrons. The number of sulfonamides is 1. The molecule has 0 heterocycles. The summed E-state index contributed by atoms with van der Waals surface area (Å²) < 4.78 is 52.8. The van der Waals surface area contributed by atoms with Crippen molar-refractivity contribution in [3.63, 3.8) is 0 Å². The van der Waals surface area contributed by atoms with E-state index in [0.717, 1.165) is 28.8 Å². The lowest BCUT2D eigenvalue weighted by atomic mass is 10.1. The molecular weight excluding hydrogens is 559 g/mol. The highest BCUT2D eigenvalue weighted by Crippen LogP contribution is 2.28. The molecule has 0 saturated carbocycles. The van der Waals surface area contributed by atoms with E-state index in [1.54, 1.807) is 25.1 Å². The van der Waals surface area contributed by atoms with E-state index in [0.29, 0.717) is 28.5 Å². The van der Waals surface area contributed by atoms with Gasteiger partial charge in [-0.15, -0.1) is 0 Å². The van der Waals surface area contributed by atoms with Gasteiger partial charge in [0, 0.05) is 47.2 Å². The molecule has 2 aromatic rings. The van der Waals surface area contributed by atoms with Crippen LogP contribution >= 0.6 is 23.2 Å². The average molecular weight is 593 g/mol. The molecule has 0 aliphatic heterocycles. The number of amides is 2. The summed E-state index contributed by atoms with van der Waals surface area (Å²) in [7, 11) is -3.86. The average Bonchev–Trinajstić information content (AvgIpc) is 2.84. The highest BCUT2D eigenvalue weighted by atomic mass is 35.5. The van der Waals surface area contributed by atoms with Gasteiger partial charge in [0.1, 0.15) is 6.04 Å². The second-order valence-corrected chi connectivity index (χ2v) is 11.7. The minimum atomic E-state index is -3.86. The molecule has 7 nitrogen and oxygen atoms in total. The van der Waals surface area contributed by atoms with Gasteiger partial charge in [-0.2, -0.15) is 0 Å². The second kappa shape index (κ2) is 14.1. The summed E-state index contributed by atoms with van der Waals surface area (Å²) in [5, 5.41) is 3.59. The molecular formula is C26H33Cl2F2N3O4S. The Balaban J connectivity index is 2.30. The maximum absolute atomic E-state index is 13.8. The molecule has 1 N–H and O–H groups in total. The summed E-state index contributed by atoms with van der Waals surface area (Å²) in [5.41, 5.74) is 0.427. The van der Waals surface area contributed by atoms with Crippen LogP contribution in [0.5, 0.6) is 0 Å². The van der Waals surface area contributed by atoms with E-state index in [2.05, 4.69) is 5.32 Å². The smallest absolute Gasteiger partial charge is 0.243 e. The summed E-state index contributed by atoms with van der Waals surface area (Å²) >= 11 is 12.7. The number of benzene rings is 2. The van der Waals surface area contributed by atoms with Crippen LogP contribution in [0.1, 0.15) is 52.0 Å². The van der Waals surface area contributed by atoms with E-state index in [4.69, 9.17) is 23.2 Å². The topological polar surface area (TPSA) is 86.8 Å². The van der Waals surface area contributed by atoms with Crippen molar-refractivity contribution in [2.45, 2.75) is 65.1 Å². The van der Waals surface area contributed by atoms with Crippen molar-refractivity contribution in [3.8, 4) is 0 Å². The Morgan fingerprint density at radius 2 is 1.66 bits per heavy atom. The Labute approximate surface area is 233 Å². The lowest BCUT2D eigenvalue weighted by Gasteiger charge is -2.32. The van der Waals surface area contributed by atoms with Crippen LogP contribution < -0.4 is 9.62 Å². The van der Waals surface area contributed by atoms with Gasteiger partial charge in [-0.3, -0.25) is 13.9 Å². The molecule has 2 rings (SSSR count). The predicted molar refractivity (Wildman–Crippen MR) is 147 cm³/mol. The van der Waals surface area contributed by atoms with E-state index < -0.39 is 33.6 Å². The first-order valence-corrected chi connectivity index (χ1v) is 14.9. The first kappa shape index (κ1) is 31.8. The lowest BCUT2D eigenvalue weighted by molar-refractivity contribution is -0.141. The Bertz CT molecular complexity index is 1230. The number of carbonyl (C=O) groups is 2. The third-order valence-corrected chi connectivity index (χ3v) is 8.02. The van der Waals surface area contributed by atoms with Crippen molar-refractivity contribution < 1.29 is 26.8 Å². The fourth-order valence-electron chi connectivity index (χ4n) is 3.86. The second-order valence-electron chi connectivity index (χ2n) is 9.00. The summed E-state index contributed by atoms with van der Waals surface area (Å²) in [4.78, 5) is 28.0. The van der Waals surface area contributed by atoms with Crippen molar-refractivity contribution in [1.82, 2.24) is 10.2 Å². The summed E-state index contributed by atoms with van der Waals surface area (Å²) in [6.07, 6.45) is 1.90. The van der Waals surface area contributed by atoms with Gasteiger partial charge in [0.05, 0.1) is 11.9 Å². The van der Waals surface area contributed by atoms with E-state index in [1.807, 2.05) is 13.8 Å². The molecule has 0 aliphatic carbocycles. The van der Waals surface area contributed by atoms with E-state index >= 15 is 0 Å². The Morgan fingerprint density at radius 1 is 1.03 bits per heavy atom. The van der Waals surface area contributed by atoms with Gasteiger partial charge in [0.15, 0.2) is 11.6 Å². The zero-order chi connectivity index (χ0) is 28.6. The van der Waals surface area contributed by atoms with Crippen molar-refractivity contribution in [1.29, 1.82) is 0 Å². The highest BCUT2D eigenvalue weighted by Gasteiger charge is 2.30. The Hall–Kier alpha value is -2.43. The molecule has 0 bridgehead atoms. The molecule has 2 atom stereocenters. The van der Waals surface area contributed by atoms with Gasteiger partial charge in [0.25, 0.3) is 0 Å². The number of rotatable bonds is 13. The Kier molecular flexibility index (Phi) is 11.8. The fourth-order valence-corrected chi connectivity index (χ4v) is 5.33. The van der Waals surface area contributed by atoms with Crippen molar-refractivity contribution >= 4 is 50.7 Å². The number of hydrogen-bond acceptors (Lipinski definition) is 4. The Morgan fingerprint density at radius 3 is 2.18 bits per heavy atom. The normalized spacial score (nSPS) is 13.1. The molecule has 0 aliphatic rings. The van der Waals surface area contributed by atoms with Crippen LogP contribution in [0.4, 0.5) is 14.5 Å². The van der Waals surface area contributed by atoms with Gasteiger partial charge in [0.2, 0.25) is 21.8 Å². The van der Waals surface area contributed by atoms with Crippen LogP contribution in [0, 0.1) is 11.6 Å². The molecule has 0 aromatic heterocycles. The summed E-state index contributed by atoms with van der Waals surface area (Å²) in [6, 6.07) is 6.80. The maximum Gasteiger partial charge on any atom is 0.243 e. The van der Waals surface area contributed by atoms with Crippen LogP contribution in [-0.2, 0) is 26.2 Å². The first-order valence-electron chi connectivity index (χ1n) is 12.3. The SMILES string of the molecule is CC[C@H](C)NC(=O)[C@H](CC)N(Cc1c(Cl)cccc1Cl)C(=O)CCCN(c1ccc(F)c(F)c1)S(C)(=O)=O. The van der Waals surface area contributed by atoms with Crippen LogP contribution in [-0.4, -0.2) is 50.0 Å². The number of carbonyl (C=O) groups excluding carboxylic acids is 2. The molecule has 0 fully saturated rings. The number of nitrogens with zero attached hydrogens (tertiary/aromatic N) is 2. The van der Waals surface area contributed by atoms with Gasteiger partial charge in [-0.1, -0.05) is 43.1 Å².